The van der Waals surface area contributed by atoms with Crippen molar-refractivity contribution in [2.24, 2.45) is 5.73 Å². The number of rotatable bonds is 3. The van der Waals surface area contributed by atoms with Gasteiger partial charge >= 0.3 is 0 Å². The molecular formula is C10H13NO2. The number of carbonyl (C=O) groups is 1. The number of hydrogen-bond acceptors (Lipinski definition) is 3. The van der Waals surface area contributed by atoms with Crippen molar-refractivity contribution < 1.29 is 18.1 Å². The Hall–Kier alpha value is -1.35. The smallest absolute Gasteiger partial charge is 0.146 e. The summed E-state index contributed by atoms with van der Waals surface area (Å²) in [6, 6.07) is -5.20. The molecule has 0 radical (unpaired) electrons. The molecule has 0 aliphatic heterocycles. The normalized spacial score (nSPS) is 23.8. The van der Waals surface area contributed by atoms with E-state index in [0.29, 0.717) is 0 Å². The third-order valence-corrected chi connectivity index (χ3v) is 1.34. The molecule has 0 fully saturated rings. The molecule has 1 rings (SSSR count). The minimum Gasteiger partial charge on any atom is -0.508 e. The van der Waals surface area contributed by atoms with Crippen molar-refractivity contribution in [1.82, 2.24) is 0 Å². The van der Waals surface area contributed by atoms with E-state index < -0.39 is 53.7 Å². The molecule has 1 unspecified atom stereocenters. The van der Waals surface area contributed by atoms with Crippen LogP contribution in [0.5, 0.6) is 5.75 Å². The maximum atomic E-state index is 11.2. The fourth-order valence-corrected chi connectivity index (χ4v) is 0.645. The summed E-state index contributed by atoms with van der Waals surface area (Å²) in [5, 5.41) is 9.36. The fraction of sp³-hybridized carbons (Fsp3) is 0.300. The summed E-state index contributed by atoms with van der Waals surface area (Å²) in [7, 11) is 0. The standard InChI is InChI=1S/C10H13NO2/c1-7(12)10(11)6-8-2-4-9(13)5-3-8/h2-5,10,13H,6,11H2,1H3/t10-/m0/s1/i2D,3D,4D,5D,6D,10D/t6?,10-. The van der Waals surface area contributed by atoms with Crippen LogP contribution < -0.4 is 5.73 Å². The minimum absolute atomic E-state index is 0.486. The van der Waals surface area contributed by atoms with Gasteiger partial charge in [0, 0.05) is 1.37 Å². The minimum atomic E-state index is -2.39. The predicted octanol–water partition coefficient (Wildman–Crippen LogP) is 0.851. The highest BCUT2D eigenvalue weighted by molar-refractivity contribution is 5.81. The Kier molecular flexibility index (Phi) is 1.32. The van der Waals surface area contributed by atoms with Crippen LogP contribution in [0.15, 0.2) is 24.2 Å². The average molecular weight is 185 g/mol. The third-order valence-electron chi connectivity index (χ3n) is 1.34. The van der Waals surface area contributed by atoms with Gasteiger partial charge < -0.3 is 10.8 Å². The molecule has 1 aromatic carbocycles. The van der Waals surface area contributed by atoms with Gasteiger partial charge in [-0.1, -0.05) is 12.1 Å². The van der Waals surface area contributed by atoms with Crippen LogP contribution in [0.3, 0.4) is 0 Å². The Labute approximate surface area is 85.6 Å². The van der Waals surface area contributed by atoms with Gasteiger partial charge in [-0.05, 0) is 31.0 Å². The lowest BCUT2D eigenvalue weighted by Crippen LogP contribution is -2.30. The molecule has 0 aliphatic rings. The van der Waals surface area contributed by atoms with Crippen molar-refractivity contribution in [3.8, 4) is 5.75 Å². The van der Waals surface area contributed by atoms with Crippen LogP contribution in [0, 0.1) is 0 Å². The van der Waals surface area contributed by atoms with Crippen LogP contribution >= 0.6 is 0 Å². The zero-order chi connectivity index (χ0) is 15.1. The van der Waals surface area contributed by atoms with Crippen LogP contribution in [0.2, 0.25) is 0 Å². The van der Waals surface area contributed by atoms with Crippen molar-refractivity contribution in [3.05, 3.63) is 29.7 Å². The number of nitrogens with two attached hydrogens (primary N) is 1. The monoisotopic (exact) mass is 185 g/mol. The van der Waals surface area contributed by atoms with Crippen molar-refractivity contribution in [1.29, 1.82) is 0 Å². The van der Waals surface area contributed by atoms with Crippen LogP contribution in [-0.4, -0.2) is 16.9 Å². The van der Waals surface area contributed by atoms with Gasteiger partial charge in [-0.25, -0.2) is 0 Å². The maximum absolute atomic E-state index is 11.2. The van der Waals surface area contributed by atoms with E-state index in [-0.39, 0.29) is 0 Å². The lowest BCUT2D eigenvalue weighted by molar-refractivity contribution is -0.118. The van der Waals surface area contributed by atoms with Crippen LogP contribution in [-0.2, 0) is 11.2 Å². The molecule has 0 heterocycles. The summed E-state index contributed by atoms with van der Waals surface area (Å²) in [5.74, 6) is -1.68. The summed E-state index contributed by atoms with van der Waals surface area (Å²) >= 11 is 0. The van der Waals surface area contributed by atoms with E-state index >= 15 is 0 Å². The molecule has 0 aliphatic carbocycles. The van der Waals surface area contributed by atoms with Crippen LogP contribution in [0.4, 0.5) is 0 Å². The summed E-state index contributed by atoms with van der Waals surface area (Å²) in [6.45, 7) is 1.01. The lowest BCUT2D eigenvalue weighted by Gasteiger charge is -2.07. The third kappa shape index (κ3) is 2.87. The number of hydrogen-bond donors (Lipinski definition) is 2. The van der Waals surface area contributed by atoms with E-state index in [1.165, 1.54) is 0 Å². The largest absolute Gasteiger partial charge is 0.508 e. The molecule has 3 heteroatoms. The molecule has 0 aromatic heterocycles. The first-order valence-electron chi connectivity index (χ1n) is 6.62. The van der Waals surface area contributed by atoms with Gasteiger partial charge in [-0.15, -0.1) is 0 Å². The van der Waals surface area contributed by atoms with Gasteiger partial charge in [0.2, 0.25) is 0 Å². The van der Waals surface area contributed by atoms with E-state index in [1.807, 2.05) is 0 Å². The second-order valence-electron chi connectivity index (χ2n) is 2.42. The number of ketones is 1. The highest BCUT2D eigenvalue weighted by atomic mass is 16.3. The molecule has 70 valence electrons. The number of phenolic OH excluding ortho intramolecular Hbond substituents is 1. The molecule has 3 N–H and O–H groups in total. The Morgan fingerprint density at radius 1 is 1.77 bits per heavy atom. The predicted molar refractivity (Wildman–Crippen MR) is 50.5 cm³/mol. The SMILES string of the molecule is [2H]c1c([2H])c(C([2H])[C@]([2H])(N)C(C)=O)c([2H])c([2H])c1O. The molecule has 13 heavy (non-hydrogen) atoms. The summed E-state index contributed by atoms with van der Waals surface area (Å²) < 4.78 is 45.4. The molecule has 1 aromatic rings. The van der Waals surface area contributed by atoms with Gasteiger partial charge in [0.25, 0.3) is 0 Å². The van der Waals surface area contributed by atoms with Crippen LogP contribution in [0.1, 0.15) is 20.7 Å². The summed E-state index contributed by atoms with van der Waals surface area (Å²) in [4.78, 5) is 11.2. The Morgan fingerprint density at radius 3 is 2.77 bits per heavy atom. The first-order chi connectivity index (χ1) is 8.53. The molecule has 0 amide bonds. The van der Waals surface area contributed by atoms with Crippen molar-refractivity contribution >= 4 is 5.78 Å². The topological polar surface area (TPSA) is 63.3 Å². The van der Waals surface area contributed by atoms with Gasteiger partial charge in [0.05, 0.1) is 12.9 Å². The first-order valence-corrected chi connectivity index (χ1v) is 3.54. The number of benzene rings is 1. The van der Waals surface area contributed by atoms with E-state index in [4.69, 9.17) is 14.0 Å². The zero-order valence-electron chi connectivity index (χ0n) is 13.0. The van der Waals surface area contributed by atoms with E-state index in [9.17, 15) is 9.90 Å². The number of carbonyl (C=O) groups excluding carboxylic acids is 1. The summed E-state index contributed by atoms with van der Waals surface area (Å²) in [6.07, 6.45) is -1.79. The van der Waals surface area contributed by atoms with Crippen molar-refractivity contribution in [2.45, 2.75) is 19.3 Å². The Morgan fingerprint density at radius 2 is 2.31 bits per heavy atom. The zero-order valence-corrected chi connectivity index (χ0v) is 7.01. The highest BCUT2D eigenvalue weighted by Crippen LogP contribution is 2.10. The molecule has 0 bridgehead atoms. The van der Waals surface area contributed by atoms with Crippen molar-refractivity contribution in [3.63, 3.8) is 0 Å². The van der Waals surface area contributed by atoms with E-state index in [1.54, 1.807) is 0 Å². The van der Waals surface area contributed by atoms with Gasteiger partial charge in [-0.2, -0.15) is 0 Å². The van der Waals surface area contributed by atoms with Crippen LogP contribution in [0.25, 0.3) is 0 Å². The maximum Gasteiger partial charge on any atom is 0.146 e. The van der Waals surface area contributed by atoms with E-state index in [0.717, 1.165) is 6.92 Å². The fourth-order valence-electron chi connectivity index (χ4n) is 0.645. The number of phenols is 1. The Bertz CT molecular complexity index is 516. The first kappa shape index (κ1) is 4.24. The number of aromatic hydroxyl groups is 1. The number of Topliss-reactive ketones (excluding diaryl/α,β-unsaturated/α-hetero) is 1. The van der Waals surface area contributed by atoms with Gasteiger partial charge in [0.1, 0.15) is 11.5 Å². The van der Waals surface area contributed by atoms with Crippen molar-refractivity contribution in [2.75, 3.05) is 0 Å². The molecule has 3 nitrogen and oxygen atoms in total. The van der Waals surface area contributed by atoms with E-state index in [2.05, 4.69) is 0 Å². The molecule has 0 spiro atoms. The van der Waals surface area contributed by atoms with Gasteiger partial charge in [-0.3, -0.25) is 4.79 Å². The molecule has 2 atom stereocenters. The molecular weight excluding hydrogens is 166 g/mol. The second kappa shape index (κ2) is 4.05. The summed E-state index contributed by atoms with van der Waals surface area (Å²) in [5.41, 5.74) is 4.90. The molecule has 0 saturated heterocycles. The average Bonchev–Trinajstić information content (AvgIpc) is 2.33. The highest BCUT2D eigenvalue weighted by Gasteiger charge is 2.08. The van der Waals surface area contributed by atoms with Gasteiger partial charge in [0.15, 0.2) is 0 Å². The lowest BCUT2D eigenvalue weighted by atomic mass is 10.0. The second-order valence-corrected chi connectivity index (χ2v) is 2.42. The quantitative estimate of drug-likeness (QED) is 0.733. The Balaban J connectivity index is 3.57. The molecule has 0 saturated carbocycles.